The van der Waals surface area contributed by atoms with Crippen LogP contribution in [0.15, 0.2) is 0 Å². The van der Waals surface area contributed by atoms with E-state index in [4.69, 9.17) is 0 Å². The van der Waals surface area contributed by atoms with Crippen molar-refractivity contribution < 1.29 is 4.79 Å². The summed E-state index contributed by atoms with van der Waals surface area (Å²) in [5.74, 6) is 0.281. The second-order valence-corrected chi connectivity index (χ2v) is 4.19. The van der Waals surface area contributed by atoms with Crippen molar-refractivity contribution in [3.05, 3.63) is 0 Å². The van der Waals surface area contributed by atoms with Crippen molar-refractivity contribution in [3.8, 4) is 0 Å². The van der Waals surface area contributed by atoms with Gasteiger partial charge in [0.2, 0.25) is 5.91 Å². The molecule has 2 rings (SSSR count). The van der Waals surface area contributed by atoms with Gasteiger partial charge in [-0.3, -0.25) is 4.79 Å². The molecule has 2 saturated heterocycles. The molecule has 0 bridgehead atoms. The SMILES string of the molecule is CC1NCCN(C2CCNCC2)C1=O. The minimum absolute atomic E-state index is 0.0126. The monoisotopic (exact) mass is 197 g/mol. The van der Waals surface area contributed by atoms with Gasteiger partial charge in [-0.05, 0) is 32.9 Å². The van der Waals surface area contributed by atoms with Crippen LogP contribution in [0.25, 0.3) is 0 Å². The van der Waals surface area contributed by atoms with E-state index in [1.807, 2.05) is 6.92 Å². The van der Waals surface area contributed by atoms with Gasteiger partial charge in [0.15, 0.2) is 0 Å². The summed E-state index contributed by atoms with van der Waals surface area (Å²) in [5, 5.41) is 6.52. The Labute approximate surface area is 85.0 Å². The molecule has 1 unspecified atom stereocenters. The summed E-state index contributed by atoms with van der Waals surface area (Å²) in [6, 6.07) is 0.493. The number of carbonyl (C=O) groups is 1. The lowest BCUT2D eigenvalue weighted by Crippen LogP contribution is -2.58. The highest BCUT2D eigenvalue weighted by atomic mass is 16.2. The lowest BCUT2D eigenvalue weighted by Gasteiger charge is -2.39. The summed E-state index contributed by atoms with van der Waals surface area (Å²) in [6.45, 7) is 5.88. The van der Waals surface area contributed by atoms with E-state index in [0.717, 1.165) is 39.0 Å². The van der Waals surface area contributed by atoms with Gasteiger partial charge in [-0.25, -0.2) is 0 Å². The molecule has 2 heterocycles. The fourth-order valence-corrected chi connectivity index (χ4v) is 2.33. The molecule has 2 N–H and O–H groups in total. The summed E-state index contributed by atoms with van der Waals surface area (Å²) in [6.07, 6.45) is 2.22. The van der Waals surface area contributed by atoms with E-state index in [2.05, 4.69) is 15.5 Å². The average molecular weight is 197 g/mol. The molecule has 1 amide bonds. The number of nitrogens with zero attached hydrogens (tertiary/aromatic N) is 1. The normalized spacial score (nSPS) is 30.8. The Hall–Kier alpha value is -0.610. The van der Waals surface area contributed by atoms with E-state index in [9.17, 15) is 4.79 Å². The molecule has 4 heteroatoms. The van der Waals surface area contributed by atoms with Gasteiger partial charge in [0, 0.05) is 19.1 Å². The zero-order chi connectivity index (χ0) is 9.97. The van der Waals surface area contributed by atoms with Gasteiger partial charge in [0.1, 0.15) is 0 Å². The van der Waals surface area contributed by atoms with Crippen molar-refractivity contribution in [2.45, 2.75) is 31.8 Å². The summed E-state index contributed by atoms with van der Waals surface area (Å²) in [4.78, 5) is 13.9. The highest BCUT2D eigenvalue weighted by molar-refractivity contribution is 5.82. The smallest absolute Gasteiger partial charge is 0.239 e. The second-order valence-electron chi connectivity index (χ2n) is 4.19. The third kappa shape index (κ3) is 1.91. The first-order valence-corrected chi connectivity index (χ1v) is 5.53. The minimum atomic E-state index is 0.0126. The molecular weight excluding hydrogens is 178 g/mol. The molecule has 2 aliphatic heterocycles. The van der Waals surface area contributed by atoms with E-state index in [1.165, 1.54) is 0 Å². The molecular formula is C10H19N3O. The molecule has 14 heavy (non-hydrogen) atoms. The van der Waals surface area contributed by atoms with Crippen LogP contribution in [0.2, 0.25) is 0 Å². The predicted octanol–water partition coefficient (Wildman–Crippen LogP) is -0.441. The summed E-state index contributed by atoms with van der Waals surface area (Å²) in [7, 11) is 0. The third-order valence-electron chi connectivity index (χ3n) is 3.21. The number of hydrogen-bond donors (Lipinski definition) is 2. The molecule has 0 aromatic rings. The Balaban J connectivity index is 1.97. The van der Waals surface area contributed by atoms with E-state index in [0.29, 0.717) is 6.04 Å². The first kappa shape index (κ1) is 9.93. The summed E-state index contributed by atoms with van der Waals surface area (Å²) < 4.78 is 0. The number of nitrogens with one attached hydrogen (secondary N) is 2. The van der Waals surface area contributed by atoms with Gasteiger partial charge in [0.05, 0.1) is 6.04 Å². The van der Waals surface area contributed by atoms with Crippen LogP contribution in [0.3, 0.4) is 0 Å². The average Bonchev–Trinajstić information content (AvgIpc) is 2.23. The fraction of sp³-hybridized carbons (Fsp3) is 0.900. The van der Waals surface area contributed by atoms with Gasteiger partial charge in [0.25, 0.3) is 0 Å². The van der Waals surface area contributed by atoms with E-state index >= 15 is 0 Å². The lowest BCUT2D eigenvalue weighted by molar-refractivity contribution is -0.138. The van der Waals surface area contributed by atoms with Gasteiger partial charge in [-0.1, -0.05) is 0 Å². The van der Waals surface area contributed by atoms with Gasteiger partial charge in [-0.15, -0.1) is 0 Å². The summed E-state index contributed by atoms with van der Waals surface area (Å²) >= 11 is 0. The van der Waals surface area contributed by atoms with Crippen LogP contribution in [-0.2, 0) is 4.79 Å². The van der Waals surface area contributed by atoms with Gasteiger partial charge >= 0.3 is 0 Å². The van der Waals surface area contributed by atoms with Crippen LogP contribution in [0.4, 0.5) is 0 Å². The lowest BCUT2D eigenvalue weighted by atomic mass is 10.0. The largest absolute Gasteiger partial charge is 0.337 e. The highest BCUT2D eigenvalue weighted by Crippen LogP contribution is 2.14. The fourth-order valence-electron chi connectivity index (χ4n) is 2.33. The van der Waals surface area contributed by atoms with Crippen LogP contribution in [0, 0.1) is 0 Å². The van der Waals surface area contributed by atoms with Crippen LogP contribution < -0.4 is 10.6 Å². The Morgan fingerprint density at radius 2 is 2.00 bits per heavy atom. The maximum atomic E-state index is 11.9. The van der Waals surface area contributed by atoms with Crippen molar-refractivity contribution in [2.24, 2.45) is 0 Å². The standard InChI is InChI=1S/C10H19N3O/c1-8-10(14)13(7-6-12-8)9-2-4-11-5-3-9/h8-9,11-12H,2-7H2,1H3. The maximum absolute atomic E-state index is 11.9. The number of hydrogen-bond acceptors (Lipinski definition) is 3. The Bertz CT molecular complexity index is 213. The maximum Gasteiger partial charge on any atom is 0.239 e. The van der Waals surface area contributed by atoms with E-state index in [-0.39, 0.29) is 11.9 Å². The minimum Gasteiger partial charge on any atom is -0.337 e. The Morgan fingerprint density at radius 3 is 2.71 bits per heavy atom. The van der Waals surface area contributed by atoms with Crippen molar-refractivity contribution in [3.63, 3.8) is 0 Å². The van der Waals surface area contributed by atoms with Gasteiger partial charge in [-0.2, -0.15) is 0 Å². The van der Waals surface area contributed by atoms with Crippen molar-refractivity contribution in [1.29, 1.82) is 0 Å². The molecule has 0 spiro atoms. The van der Waals surface area contributed by atoms with E-state index < -0.39 is 0 Å². The predicted molar refractivity (Wildman–Crippen MR) is 55.1 cm³/mol. The molecule has 0 aromatic heterocycles. The van der Waals surface area contributed by atoms with E-state index in [1.54, 1.807) is 0 Å². The zero-order valence-corrected chi connectivity index (χ0v) is 8.75. The van der Waals surface area contributed by atoms with Crippen LogP contribution in [0.1, 0.15) is 19.8 Å². The number of piperazine rings is 1. The van der Waals surface area contributed by atoms with Crippen molar-refractivity contribution >= 4 is 5.91 Å². The molecule has 80 valence electrons. The Kier molecular flexibility index (Phi) is 3.03. The highest BCUT2D eigenvalue weighted by Gasteiger charge is 2.30. The molecule has 4 nitrogen and oxygen atoms in total. The first-order chi connectivity index (χ1) is 6.79. The van der Waals surface area contributed by atoms with Crippen molar-refractivity contribution in [2.75, 3.05) is 26.2 Å². The first-order valence-electron chi connectivity index (χ1n) is 5.53. The van der Waals surface area contributed by atoms with Gasteiger partial charge < -0.3 is 15.5 Å². The van der Waals surface area contributed by atoms with Crippen LogP contribution >= 0.6 is 0 Å². The number of carbonyl (C=O) groups excluding carboxylic acids is 1. The molecule has 1 atom stereocenters. The Morgan fingerprint density at radius 1 is 1.29 bits per heavy atom. The molecule has 0 aromatic carbocycles. The number of rotatable bonds is 1. The van der Waals surface area contributed by atoms with Crippen molar-refractivity contribution in [1.82, 2.24) is 15.5 Å². The molecule has 2 aliphatic rings. The molecule has 0 radical (unpaired) electrons. The third-order valence-corrected chi connectivity index (χ3v) is 3.21. The number of piperidine rings is 1. The number of amides is 1. The summed E-state index contributed by atoms with van der Waals surface area (Å²) in [5.41, 5.74) is 0. The quantitative estimate of drug-likeness (QED) is 0.599. The zero-order valence-electron chi connectivity index (χ0n) is 8.75. The second kappa shape index (κ2) is 4.28. The van der Waals surface area contributed by atoms with Crippen LogP contribution in [-0.4, -0.2) is 49.1 Å². The molecule has 0 aliphatic carbocycles. The molecule has 2 fully saturated rings. The van der Waals surface area contributed by atoms with Crippen LogP contribution in [0.5, 0.6) is 0 Å². The topological polar surface area (TPSA) is 44.4 Å². The molecule has 0 saturated carbocycles.